The smallest absolute Gasteiger partial charge is 0.335 e. The first-order chi connectivity index (χ1) is 5.61. The van der Waals surface area contributed by atoms with Gasteiger partial charge in [0.1, 0.15) is 0 Å². The summed E-state index contributed by atoms with van der Waals surface area (Å²) in [7, 11) is 0. The van der Waals surface area contributed by atoms with Gasteiger partial charge in [0.25, 0.3) is 0 Å². The van der Waals surface area contributed by atoms with Crippen LogP contribution in [0.25, 0.3) is 5.57 Å². The van der Waals surface area contributed by atoms with Gasteiger partial charge in [0.2, 0.25) is 0 Å². The Kier molecular flexibility index (Phi) is 4.57. The van der Waals surface area contributed by atoms with E-state index in [-0.39, 0.29) is 25.1 Å². The second-order valence-electron chi connectivity index (χ2n) is 2.65. The fourth-order valence-electron chi connectivity index (χ4n) is 0.878. The van der Waals surface area contributed by atoms with E-state index in [9.17, 15) is 4.79 Å². The number of aryl methyl sites for hydroxylation is 1. The van der Waals surface area contributed by atoms with E-state index in [0.717, 1.165) is 5.56 Å². The van der Waals surface area contributed by atoms with E-state index in [1.54, 1.807) is 12.1 Å². The number of aliphatic carboxylic acids is 1. The molecule has 13 heavy (non-hydrogen) atoms. The van der Waals surface area contributed by atoms with E-state index in [1.807, 2.05) is 19.1 Å². The van der Waals surface area contributed by atoms with Gasteiger partial charge in [0.15, 0.2) is 0 Å². The fourth-order valence-corrected chi connectivity index (χ4v) is 0.878. The SMILES string of the molecule is C=C(C(=O)O)c1ccc(C)cc1.[Zn]. The topological polar surface area (TPSA) is 37.3 Å². The first-order valence-corrected chi connectivity index (χ1v) is 3.60. The molecule has 0 atom stereocenters. The van der Waals surface area contributed by atoms with Gasteiger partial charge in [-0.3, -0.25) is 0 Å². The minimum absolute atomic E-state index is 0. The van der Waals surface area contributed by atoms with Gasteiger partial charge in [0, 0.05) is 19.5 Å². The molecule has 1 rings (SSSR count). The molecule has 64 valence electrons. The fraction of sp³-hybridized carbons (Fsp3) is 0.100. The average Bonchev–Trinajstić information content (AvgIpc) is 2.04. The van der Waals surface area contributed by atoms with Crippen molar-refractivity contribution in [2.45, 2.75) is 6.92 Å². The van der Waals surface area contributed by atoms with E-state index >= 15 is 0 Å². The van der Waals surface area contributed by atoms with Gasteiger partial charge in [-0.15, -0.1) is 0 Å². The summed E-state index contributed by atoms with van der Waals surface area (Å²) in [5.41, 5.74) is 1.90. The number of carbonyl (C=O) groups is 1. The van der Waals surface area contributed by atoms with Gasteiger partial charge in [-0.25, -0.2) is 4.79 Å². The zero-order valence-electron chi connectivity index (χ0n) is 7.58. The van der Waals surface area contributed by atoms with Gasteiger partial charge in [-0.05, 0) is 12.5 Å². The number of hydrogen-bond donors (Lipinski definition) is 1. The van der Waals surface area contributed by atoms with Crippen LogP contribution in [0, 0.1) is 6.92 Å². The van der Waals surface area contributed by atoms with E-state index in [2.05, 4.69) is 6.58 Å². The summed E-state index contributed by atoms with van der Waals surface area (Å²) < 4.78 is 0. The largest absolute Gasteiger partial charge is 0.478 e. The average molecular weight is 228 g/mol. The predicted molar refractivity (Wildman–Crippen MR) is 47.8 cm³/mol. The molecule has 3 heteroatoms. The van der Waals surface area contributed by atoms with E-state index in [1.165, 1.54) is 0 Å². The molecule has 0 aliphatic heterocycles. The van der Waals surface area contributed by atoms with Crippen molar-refractivity contribution < 1.29 is 29.4 Å². The third kappa shape index (κ3) is 3.12. The predicted octanol–water partition coefficient (Wildman–Crippen LogP) is 2.09. The van der Waals surface area contributed by atoms with Crippen molar-refractivity contribution in [1.82, 2.24) is 0 Å². The number of carboxylic acid groups (broad SMARTS) is 1. The van der Waals surface area contributed by atoms with Gasteiger partial charge < -0.3 is 5.11 Å². The normalized spacial score (nSPS) is 8.69. The second-order valence-corrected chi connectivity index (χ2v) is 2.65. The Bertz CT molecular complexity index is 314. The number of rotatable bonds is 2. The Balaban J connectivity index is 0.00000144. The van der Waals surface area contributed by atoms with Crippen molar-refractivity contribution in [3.8, 4) is 0 Å². The molecule has 0 unspecified atom stereocenters. The summed E-state index contributed by atoms with van der Waals surface area (Å²) >= 11 is 0. The molecule has 0 bridgehead atoms. The molecule has 0 spiro atoms. The van der Waals surface area contributed by atoms with Crippen LogP contribution in [0.3, 0.4) is 0 Å². The molecule has 0 aromatic heterocycles. The molecular weight excluding hydrogens is 217 g/mol. The first kappa shape index (κ1) is 12.1. The summed E-state index contributed by atoms with van der Waals surface area (Å²) in [5, 5.41) is 8.61. The number of hydrogen-bond acceptors (Lipinski definition) is 1. The zero-order chi connectivity index (χ0) is 9.14. The molecule has 2 nitrogen and oxygen atoms in total. The van der Waals surface area contributed by atoms with E-state index in [4.69, 9.17) is 5.11 Å². The molecule has 1 aromatic carbocycles. The van der Waals surface area contributed by atoms with Gasteiger partial charge >= 0.3 is 5.97 Å². The van der Waals surface area contributed by atoms with Gasteiger partial charge in [-0.1, -0.05) is 36.4 Å². The number of benzene rings is 1. The Morgan fingerprint density at radius 3 is 2.15 bits per heavy atom. The van der Waals surface area contributed by atoms with Crippen LogP contribution in [-0.2, 0) is 24.3 Å². The third-order valence-electron chi connectivity index (χ3n) is 1.66. The second kappa shape index (κ2) is 4.93. The van der Waals surface area contributed by atoms with Gasteiger partial charge in [-0.2, -0.15) is 0 Å². The maximum absolute atomic E-state index is 10.5. The molecule has 0 fully saturated rings. The quantitative estimate of drug-likeness (QED) is 0.621. The first-order valence-electron chi connectivity index (χ1n) is 3.60. The molecule has 1 N–H and O–H groups in total. The molecule has 0 aliphatic carbocycles. The zero-order valence-corrected chi connectivity index (χ0v) is 10.5. The minimum Gasteiger partial charge on any atom is -0.478 e. The van der Waals surface area contributed by atoms with E-state index < -0.39 is 5.97 Å². The van der Waals surface area contributed by atoms with Crippen LogP contribution in [0.15, 0.2) is 30.8 Å². The Morgan fingerprint density at radius 2 is 1.77 bits per heavy atom. The van der Waals surface area contributed by atoms with Crippen LogP contribution in [0.2, 0.25) is 0 Å². The van der Waals surface area contributed by atoms with Crippen LogP contribution in [0.5, 0.6) is 0 Å². The molecule has 0 saturated carbocycles. The molecule has 0 aliphatic rings. The summed E-state index contributed by atoms with van der Waals surface area (Å²) in [6.07, 6.45) is 0. The Labute approximate surface area is 90.0 Å². The molecule has 0 saturated heterocycles. The number of carboxylic acids is 1. The Morgan fingerprint density at radius 1 is 1.31 bits per heavy atom. The van der Waals surface area contributed by atoms with Crippen LogP contribution in [-0.4, -0.2) is 11.1 Å². The van der Waals surface area contributed by atoms with Crippen molar-refractivity contribution in [3.05, 3.63) is 42.0 Å². The maximum atomic E-state index is 10.5. The molecule has 0 heterocycles. The molecule has 0 amide bonds. The summed E-state index contributed by atoms with van der Waals surface area (Å²) in [5.74, 6) is -0.973. The van der Waals surface area contributed by atoms with Gasteiger partial charge in [0.05, 0.1) is 5.57 Å². The summed E-state index contributed by atoms with van der Waals surface area (Å²) in [6.45, 7) is 5.41. The Hall–Kier alpha value is -0.947. The van der Waals surface area contributed by atoms with Crippen LogP contribution < -0.4 is 0 Å². The van der Waals surface area contributed by atoms with Crippen molar-refractivity contribution in [1.29, 1.82) is 0 Å². The third-order valence-corrected chi connectivity index (χ3v) is 1.66. The van der Waals surface area contributed by atoms with E-state index in [0.29, 0.717) is 5.56 Å². The molecule has 0 radical (unpaired) electrons. The van der Waals surface area contributed by atoms with Crippen molar-refractivity contribution in [2.75, 3.05) is 0 Å². The van der Waals surface area contributed by atoms with Crippen LogP contribution >= 0.6 is 0 Å². The van der Waals surface area contributed by atoms with Crippen LogP contribution in [0.4, 0.5) is 0 Å². The van der Waals surface area contributed by atoms with Crippen molar-refractivity contribution in [3.63, 3.8) is 0 Å². The van der Waals surface area contributed by atoms with Crippen molar-refractivity contribution >= 4 is 11.5 Å². The van der Waals surface area contributed by atoms with Crippen molar-refractivity contribution in [2.24, 2.45) is 0 Å². The summed E-state index contributed by atoms with van der Waals surface area (Å²) in [6, 6.07) is 7.24. The van der Waals surface area contributed by atoms with Crippen LogP contribution in [0.1, 0.15) is 11.1 Å². The molecule has 1 aromatic rings. The maximum Gasteiger partial charge on any atom is 0.335 e. The summed E-state index contributed by atoms with van der Waals surface area (Å²) in [4.78, 5) is 10.5. The standard InChI is InChI=1S/C10H10O2.Zn/c1-7-3-5-9(6-4-7)8(2)10(11)12;/h3-6H,2H2,1H3,(H,11,12);. The monoisotopic (exact) mass is 226 g/mol. The minimum atomic E-state index is -0.973. The molecular formula is C10H10O2Zn.